The fourth-order valence-electron chi connectivity index (χ4n) is 2.06. The van der Waals surface area contributed by atoms with Gasteiger partial charge in [0.2, 0.25) is 0 Å². The lowest BCUT2D eigenvalue weighted by Crippen LogP contribution is -2.01. The topological polar surface area (TPSA) is 54.5 Å². The zero-order valence-corrected chi connectivity index (χ0v) is 10.8. The summed E-state index contributed by atoms with van der Waals surface area (Å²) in [7, 11) is 0. The van der Waals surface area contributed by atoms with Crippen molar-refractivity contribution in [3.05, 3.63) is 72.2 Å². The van der Waals surface area contributed by atoms with E-state index in [-0.39, 0.29) is 0 Å². The van der Waals surface area contributed by atoms with Crippen LogP contribution in [0.4, 0.5) is 0 Å². The average molecular weight is 260 g/mol. The summed E-state index contributed by atoms with van der Waals surface area (Å²) in [5.74, 6) is 0. The zero-order chi connectivity index (χ0) is 13.8. The fourth-order valence-corrected chi connectivity index (χ4v) is 2.06. The molecule has 0 aliphatic rings. The number of benzene rings is 1. The Morgan fingerprint density at radius 1 is 1.10 bits per heavy atom. The van der Waals surface area contributed by atoms with Gasteiger partial charge in [-0.25, -0.2) is 0 Å². The summed E-state index contributed by atoms with van der Waals surface area (Å²) in [6, 6.07) is 15.5. The minimum atomic E-state index is 0.580. The molecule has 0 saturated heterocycles. The number of nitrogens with zero attached hydrogens (tertiary/aromatic N) is 4. The first kappa shape index (κ1) is 12.1. The molecular formula is C16H12N4. The van der Waals surface area contributed by atoms with E-state index in [1.54, 1.807) is 12.4 Å². The second kappa shape index (κ2) is 5.37. The van der Waals surface area contributed by atoms with E-state index < -0.39 is 0 Å². The first-order valence-electron chi connectivity index (χ1n) is 6.28. The van der Waals surface area contributed by atoms with Crippen LogP contribution in [0.1, 0.15) is 11.1 Å². The van der Waals surface area contributed by atoms with Gasteiger partial charge in [0.05, 0.1) is 30.1 Å². The Balaban J connectivity index is 1.87. The van der Waals surface area contributed by atoms with Gasteiger partial charge in [0.25, 0.3) is 0 Å². The van der Waals surface area contributed by atoms with Crippen molar-refractivity contribution in [3.8, 4) is 17.3 Å². The van der Waals surface area contributed by atoms with Crippen molar-refractivity contribution in [2.75, 3.05) is 0 Å². The van der Waals surface area contributed by atoms with Crippen LogP contribution in [0.15, 0.2) is 61.1 Å². The summed E-state index contributed by atoms with van der Waals surface area (Å²) in [6.07, 6.45) is 5.49. The highest BCUT2D eigenvalue weighted by atomic mass is 15.3. The van der Waals surface area contributed by atoms with Crippen LogP contribution in [-0.2, 0) is 6.54 Å². The van der Waals surface area contributed by atoms with Gasteiger partial charge in [-0.1, -0.05) is 24.3 Å². The molecule has 20 heavy (non-hydrogen) atoms. The van der Waals surface area contributed by atoms with Crippen molar-refractivity contribution in [3.63, 3.8) is 0 Å². The van der Waals surface area contributed by atoms with Gasteiger partial charge in [-0.15, -0.1) is 0 Å². The lowest BCUT2D eigenvalue weighted by molar-refractivity contribution is 0.686. The van der Waals surface area contributed by atoms with E-state index in [1.807, 2.05) is 53.3 Å². The number of pyridine rings is 1. The van der Waals surface area contributed by atoms with Crippen molar-refractivity contribution < 1.29 is 0 Å². The van der Waals surface area contributed by atoms with Crippen molar-refractivity contribution in [2.45, 2.75) is 6.54 Å². The molecule has 0 N–H and O–H groups in total. The minimum absolute atomic E-state index is 0.580. The number of rotatable bonds is 3. The molecule has 0 saturated carbocycles. The van der Waals surface area contributed by atoms with Crippen LogP contribution < -0.4 is 0 Å². The zero-order valence-electron chi connectivity index (χ0n) is 10.8. The summed E-state index contributed by atoms with van der Waals surface area (Å²) >= 11 is 0. The molecule has 0 unspecified atom stereocenters. The monoisotopic (exact) mass is 260 g/mol. The summed E-state index contributed by atoms with van der Waals surface area (Å²) in [5.41, 5.74) is 3.51. The van der Waals surface area contributed by atoms with Crippen LogP contribution in [0.2, 0.25) is 0 Å². The van der Waals surface area contributed by atoms with Crippen molar-refractivity contribution in [1.82, 2.24) is 14.8 Å². The van der Waals surface area contributed by atoms with Gasteiger partial charge in [-0.2, -0.15) is 10.4 Å². The molecule has 0 bridgehead atoms. The second-order valence-electron chi connectivity index (χ2n) is 4.41. The van der Waals surface area contributed by atoms with Gasteiger partial charge in [0, 0.05) is 18.0 Å². The maximum atomic E-state index is 9.09. The molecule has 0 fully saturated rings. The third-order valence-corrected chi connectivity index (χ3v) is 3.06. The molecule has 96 valence electrons. The molecule has 0 aliphatic heterocycles. The standard InChI is InChI=1S/C16H12N4/c17-9-13-5-1-2-6-14(13)11-20-12-15(10-19-20)16-7-3-4-8-18-16/h1-8,10,12H,11H2. The summed E-state index contributed by atoms with van der Waals surface area (Å²) in [4.78, 5) is 4.30. The van der Waals surface area contributed by atoms with Gasteiger partial charge in [-0.3, -0.25) is 9.67 Å². The Bertz CT molecular complexity index is 753. The summed E-state index contributed by atoms with van der Waals surface area (Å²) in [5, 5.41) is 13.4. The van der Waals surface area contributed by atoms with Gasteiger partial charge in [-0.05, 0) is 23.8 Å². The van der Waals surface area contributed by atoms with E-state index in [2.05, 4.69) is 16.2 Å². The largest absolute Gasteiger partial charge is 0.268 e. The molecule has 3 aromatic rings. The van der Waals surface area contributed by atoms with Crippen LogP contribution in [0.5, 0.6) is 0 Å². The highest BCUT2D eigenvalue weighted by molar-refractivity contribution is 5.56. The highest BCUT2D eigenvalue weighted by Crippen LogP contribution is 2.16. The molecule has 1 aromatic carbocycles. The number of aromatic nitrogens is 3. The molecular weight excluding hydrogens is 248 g/mol. The number of nitriles is 1. The highest BCUT2D eigenvalue weighted by Gasteiger charge is 2.05. The third-order valence-electron chi connectivity index (χ3n) is 3.06. The van der Waals surface area contributed by atoms with Gasteiger partial charge in [0.1, 0.15) is 0 Å². The molecule has 0 atom stereocenters. The van der Waals surface area contributed by atoms with E-state index in [1.165, 1.54) is 0 Å². The first-order valence-corrected chi connectivity index (χ1v) is 6.28. The van der Waals surface area contributed by atoms with E-state index in [4.69, 9.17) is 5.26 Å². The Morgan fingerprint density at radius 2 is 1.95 bits per heavy atom. The van der Waals surface area contributed by atoms with Crippen molar-refractivity contribution in [2.24, 2.45) is 0 Å². The van der Waals surface area contributed by atoms with Gasteiger partial charge in [0.15, 0.2) is 0 Å². The molecule has 0 aliphatic carbocycles. The first-order chi connectivity index (χ1) is 9.86. The van der Waals surface area contributed by atoms with Crippen molar-refractivity contribution >= 4 is 0 Å². The van der Waals surface area contributed by atoms with E-state index in [9.17, 15) is 0 Å². The predicted octanol–water partition coefficient (Wildman–Crippen LogP) is 2.87. The Hall–Kier alpha value is -2.93. The number of hydrogen-bond acceptors (Lipinski definition) is 3. The quantitative estimate of drug-likeness (QED) is 0.727. The molecule has 4 heteroatoms. The molecule has 0 amide bonds. The SMILES string of the molecule is N#Cc1ccccc1Cn1cc(-c2ccccn2)cn1. The normalized spacial score (nSPS) is 10.2. The van der Waals surface area contributed by atoms with Crippen LogP contribution in [-0.4, -0.2) is 14.8 Å². The Kier molecular flexibility index (Phi) is 3.25. The maximum absolute atomic E-state index is 9.09. The Labute approximate surface area is 116 Å². The molecule has 0 radical (unpaired) electrons. The summed E-state index contributed by atoms with van der Waals surface area (Å²) < 4.78 is 1.82. The third kappa shape index (κ3) is 2.43. The fraction of sp³-hybridized carbons (Fsp3) is 0.0625. The molecule has 2 heterocycles. The van der Waals surface area contributed by atoms with Gasteiger partial charge >= 0.3 is 0 Å². The van der Waals surface area contributed by atoms with Crippen LogP contribution in [0.3, 0.4) is 0 Å². The molecule has 4 nitrogen and oxygen atoms in total. The lowest BCUT2D eigenvalue weighted by Gasteiger charge is -2.03. The second-order valence-corrected chi connectivity index (χ2v) is 4.41. The predicted molar refractivity (Wildman–Crippen MR) is 75.7 cm³/mol. The lowest BCUT2D eigenvalue weighted by atomic mass is 10.1. The van der Waals surface area contributed by atoms with E-state index in [0.717, 1.165) is 16.8 Å². The van der Waals surface area contributed by atoms with Gasteiger partial charge < -0.3 is 0 Å². The maximum Gasteiger partial charge on any atom is 0.0995 e. The average Bonchev–Trinajstić information content (AvgIpc) is 2.97. The minimum Gasteiger partial charge on any atom is -0.268 e. The van der Waals surface area contributed by atoms with Crippen LogP contribution in [0, 0.1) is 11.3 Å². The summed E-state index contributed by atoms with van der Waals surface area (Å²) in [6.45, 7) is 0.580. The molecule has 2 aromatic heterocycles. The molecule has 0 spiro atoms. The smallest absolute Gasteiger partial charge is 0.0995 e. The number of hydrogen-bond donors (Lipinski definition) is 0. The van der Waals surface area contributed by atoms with Crippen molar-refractivity contribution in [1.29, 1.82) is 5.26 Å². The van der Waals surface area contributed by atoms with Crippen LogP contribution in [0.25, 0.3) is 11.3 Å². The van der Waals surface area contributed by atoms with E-state index >= 15 is 0 Å². The Morgan fingerprint density at radius 3 is 2.75 bits per heavy atom. The van der Waals surface area contributed by atoms with Crippen LogP contribution >= 0.6 is 0 Å². The van der Waals surface area contributed by atoms with E-state index in [0.29, 0.717) is 12.1 Å². The molecule has 3 rings (SSSR count).